The SMILES string of the molecule is Cc1ccc([N+](=O)[O-])c(Cn2ccc3c(C=NNC(=O)c4ccc(O)c(C#N)c4)cccc32)c1. The van der Waals surface area contributed by atoms with Gasteiger partial charge in [0.15, 0.2) is 0 Å². The summed E-state index contributed by atoms with van der Waals surface area (Å²) >= 11 is 0. The third kappa shape index (κ3) is 4.47. The van der Waals surface area contributed by atoms with Crippen molar-refractivity contribution in [1.29, 1.82) is 5.26 Å². The van der Waals surface area contributed by atoms with Gasteiger partial charge in [-0.3, -0.25) is 14.9 Å². The van der Waals surface area contributed by atoms with Gasteiger partial charge in [0.2, 0.25) is 0 Å². The van der Waals surface area contributed by atoms with Gasteiger partial charge < -0.3 is 9.67 Å². The number of nitro groups is 1. The summed E-state index contributed by atoms with van der Waals surface area (Å²) in [6.07, 6.45) is 3.36. The normalized spacial score (nSPS) is 10.9. The maximum Gasteiger partial charge on any atom is 0.274 e. The van der Waals surface area contributed by atoms with E-state index < -0.39 is 5.91 Å². The molecule has 0 unspecified atom stereocenters. The minimum absolute atomic E-state index is 0.00316. The van der Waals surface area contributed by atoms with E-state index in [2.05, 4.69) is 10.5 Å². The number of nitriles is 1. The van der Waals surface area contributed by atoms with Gasteiger partial charge in [0.1, 0.15) is 11.8 Å². The van der Waals surface area contributed by atoms with Gasteiger partial charge in [0, 0.05) is 39.9 Å². The summed E-state index contributed by atoms with van der Waals surface area (Å²) < 4.78 is 1.92. The minimum Gasteiger partial charge on any atom is -0.507 e. The van der Waals surface area contributed by atoms with Crippen molar-refractivity contribution in [3.63, 3.8) is 0 Å². The molecule has 0 spiro atoms. The van der Waals surface area contributed by atoms with Crippen molar-refractivity contribution in [2.24, 2.45) is 5.10 Å². The van der Waals surface area contributed by atoms with Gasteiger partial charge in [-0.2, -0.15) is 10.4 Å². The van der Waals surface area contributed by atoms with E-state index >= 15 is 0 Å². The Kier molecular flexibility index (Phi) is 6.05. The lowest BCUT2D eigenvalue weighted by atomic mass is 10.1. The number of amides is 1. The number of hydrazone groups is 1. The van der Waals surface area contributed by atoms with E-state index in [9.17, 15) is 20.0 Å². The van der Waals surface area contributed by atoms with E-state index in [1.165, 1.54) is 30.5 Å². The van der Waals surface area contributed by atoms with Crippen LogP contribution in [0.15, 0.2) is 72.0 Å². The Bertz CT molecular complexity index is 1500. The second-order valence-corrected chi connectivity index (χ2v) is 7.66. The largest absolute Gasteiger partial charge is 0.507 e. The first kappa shape index (κ1) is 22.2. The number of fused-ring (bicyclic) bond motifs is 1. The van der Waals surface area contributed by atoms with Crippen LogP contribution in [0.5, 0.6) is 5.75 Å². The molecule has 0 aliphatic carbocycles. The molecule has 0 saturated carbocycles. The fourth-order valence-electron chi connectivity index (χ4n) is 3.69. The predicted molar refractivity (Wildman–Crippen MR) is 127 cm³/mol. The zero-order valence-corrected chi connectivity index (χ0v) is 18.1. The highest BCUT2D eigenvalue weighted by atomic mass is 16.6. The van der Waals surface area contributed by atoms with Crippen LogP contribution in [0.25, 0.3) is 10.9 Å². The van der Waals surface area contributed by atoms with Gasteiger partial charge in [-0.05, 0) is 43.3 Å². The molecule has 4 aromatic rings. The van der Waals surface area contributed by atoms with E-state index in [1.807, 2.05) is 54.1 Å². The van der Waals surface area contributed by atoms with Crippen LogP contribution in [0.2, 0.25) is 0 Å². The summed E-state index contributed by atoms with van der Waals surface area (Å²) in [5.41, 5.74) is 5.84. The fraction of sp³-hybridized carbons (Fsp3) is 0.0800. The molecule has 1 heterocycles. The van der Waals surface area contributed by atoms with Crippen LogP contribution >= 0.6 is 0 Å². The van der Waals surface area contributed by atoms with Gasteiger partial charge in [-0.25, -0.2) is 5.43 Å². The Morgan fingerprint density at radius 2 is 2.06 bits per heavy atom. The average molecular weight is 453 g/mol. The molecule has 4 rings (SSSR count). The topological polar surface area (TPSA) is 134 Å². The van der Waals surface area contributed by atoms with Crippen LogP contribution in [0.3, 0.4) is 0 Å². The standard InChI is InChI=1S/C25H19N5O4/c1-16-5-7-22(30(33)34)20(11-16)15-29-10-9-21-18(3-2-4-23(21)29)14-27-28-25(32)17-6-8-24(31)19(12-17)13-26/h2-12,14,31H,15H2,1H3,(H,28,32). The smallest absolute Gasteiger partial charge is 0.274 e. The van der Waals surface area contributed by atoms with Crippen molar-refractivity contribution in [1.82, 2.24) is 9.99 Å². The van der Waals surface area contributed by atoms with Crippen LogP contribution in [0.4, 0.5) is 5.69 Å². The van der Waals surface area contributed by atoms with Gasteiger partial charge in [-0.15, -0.1) is 0 Å². The summed E-state index contributed by atoms with van der Waals surface area (Å²) in [5, 5.41) is 34.9. The number of aryl methyl sites for hydroxylation is 1. The molecule has 0 aliphatic rings. The molecule has 9 heteroatoms. The Balaban J connectivity index is 1.56. The molecule has 2 N–H and O–H groups in total. The third-order valence-electron chi connectivity index (χ3n) is 5.37. The monoisotopic (exact) mass is 453 g/mol. The number of aromatic hydroxyl groups is 1. The molecule has 0 saturated heterocycles. The number of nitrogens with one attached hydrogen (secondary N) is 1. The van der Waals surface area contributed by atoms with Gasteiger partial charge >= 0.3 is 0 Å². The number of carbonyl (C=O) groups is 1. The van der Waals surface area contributed by atoms with Gasteiger partial charge in [0.25, 0.3) is 11.6 Å². The molecule has 0 atom stereocenters. The number of aromatic nitrogens is 1. The van der Waals surface area contributed by atoms with Crippen molar-refractivity contribution in [2.45, 2.75) is 13.5 Å². The summed E-state index contributed by atoms with van der Waals surface area (Å²) in [6, 6.07) is 18.3. The first-order chi connectivity index (χ1) is 16.4. The van der Waals surface area contributed by atoms with Crippen LogP contribution in [-0.4, -0.2) is 26.7 Å². The molecule has 0 bridgehead atoms. The lowest BCUT2D eigenvalue weighted by molar-refractivity contribution is -0.385. The molecule has 3 aromatic carbocycles. The molecule has 0 fully saturated rings. The lowest BCUT2D eigenvalue weighted by Gasteiger charge is -2.08. The van der Waals surface area contributed by atoms with Crippen molar-refractivity contribution in [2.75, 3.05) is 0 Å². The highest BCUT2D eigenvalue weighted by Gasteiger charge is 2.15. The molecule has 1 aromatic heterocycles. The van der Waals surface area contributed by atoms with E-state index in [-0.39, 0.29) is 27.5 Å². The Morgan fingerprint density at radius 1 is 1.24 bits per heavy atom. The first-order valence-electron chi connectivity index (χ1n) is 10.3. The molecule has 168 valence electrons. The number of carbonyl (C=O) groups excluding carboxylic acids is 1. The summed E-state index contributed by atoms with van der Waals surface area (Å²) in [4.78, 5) is 23.4. The Labute approximate surface area is 194 Å². The summed E-state index contributed by atoms with van der Waals surface area (Å²) in [5.74, 6) is -0.723. The number of phenolic OH excluding ortho intramolecular Hbond substituents is 1. The highest BCUT2D eigenvalue weighted by Crippen LogP contribution is 2.25. The van der Waals surface area contributed by atoms with Gasteiger partial charge in [0.05, 0.1) is 23.2 Å². The Morgan fingerprint density at radius 3 is 2.82 bits per heavy atom. The molecule has 1 amide bonds. The minimum atomic E-state index is -0.524. The van der Waals surface area contributed by atoms with Crippen molar-refractivity contribution in [3.8, 4) is 11.8 Å². The number of nitro benzene ring substituents is 1. The quantitative estimate of drug-likeness (QED) is 0.256. The van der Waals surface area contributed by atoms with Crippen LogP contribution in [0.1, 0.15) is 32.6 Å². The summed E-state index contributed by atoms with van der Waals surface area (Å²) in [7, 11) is 0. The van der Waals surface area contributed by atoms with E-state index in [4.69, 9.17) is 5.26 Å². The number of rotatable bonds is 6. The lowest BCUT2D eigenvalue weighted by Crippen LogP contribution is -2.17. The number of nitrogens with zero attached hydrogens (tertiary/aromatic N) is 4. The van der Waals surface area contributed by atoms with Crippen molar-refractivity contribution in [3.05, 3.63) is 105 Å². The van der Waals surface area contributed by atoms with Crippen LogP contribution in [0, 0.1) is 28.4 Å². The van der Waals surface area contributed by atoms with Crippen molar-refractivity contribution >= 4 is 28.7 Å². The molecular weight excluding hydrogens is 434 g/mol. The number of benzene rings is 3. The number of hydrogen-bond donors (Lipinski definition) is 2. The highest BCUT2D eigenvalue weighted by molar-refractivity contribution is 6.00. The fourth-order valence-corrected chi connectivity index (χ4v) is 3.69. The summed E-state index contributed by atoms with van der Waals surface area (Å²) in [6.45, 7) is 2.23. The van der Waals surface area contributed by atoms with Crippen LogP contribution in [-0.2, 0) is 6.54 Å². The Hall–Kier alpha value is -4.97. The average Bonchev–Trinajstić information content (AvgIpc) is 3.22. The zero-order valence-electron chi connectivity index (χ0n) is 18.1. The van der Waals surface area contributed by atoms with E-state index in [1.54, 1.807) is 6.07 Å². The molecule has 34 heavy (non-hydrogen) atoms. The van der Waals surface area contributed by atoms with Crippen LogP contribution < -0.4 is 5.43 Å². The second-order valence-electron chi connectivity index (χ2n) is 7.66. The maximum absolute atomic E-state index is 12.3. The molecular formula is C25H19N5O4. The number of phenols is 1. The van der Waals surface area contributed by atoms with Crippen molar-refractivity contribution < 1.29 is 14.8 Å². The maximum atomic E-state index is 12.3. The van der Waals surface area contributed by atoms with E-state index in [0.717, 1.165) is 22.0 Å². The molecule has 0 aliphatic heterocycles. The third-order valence-corrected chi connectivity index (χ3v) is 5.37. The molecule has 9 nitrogen and oxygen atoms in total. The van der Waals surface area contributed by atoms with Gasteiger partial charge in [-0.1, -0.05) is 23.8 Å². The predicted octanol–water partition coefficient (Wildman–Crippen LogP) is 4.25. The number of hydrogen-bond acceptors (Lipinski definition) is 6. The zero-order chi connectivity index (χ0) is 24.2. The molecule has 0 radical (unpaired) electrons. The van der Waals surface area contributed by atoms with E-state index in [0.29, 0.717) is 12.1 Å². The second kappa shape index (κ2) is 9.26. The first-order valence-corrected chi connectivity index (χ1v) is 10.3.